The first kappa shape index (κ1) is 15.5. The molecule has 1 heterocycles. The fraction of sp³-hybridized carbons (Fsp3) is 0.800. The molecule has 108 valence electrons. The van der Waals surface area contributed by atoms with Crippen molar-refractivity contribution in [2.75, 3.05) is 6.61 Å². The van der Waals surface area contributed by atoms with Gasteiger partial charge in [-0.25, -0.2) is 0 Å². The first-order valence-corrected chi connectivity index (χ1v) is 6.86. The molecule has 0 bridgehead atoms. The number of carbonyl (C=O) groups is 2. The Balaban J connectivity index is 2.50. The molecule has 9 heteroatoms. The van der Waals surface area contributed by atoms with Crippen LogP contribution in [0.1, 0.15) is 26.7 Å². The Labute approximate surface area is 114 Å². The highest BCUT2D eigenvalue weighted by atomic mass is 32.2. The summed E-state index contributed by atoms with van der Waals surface area (Å²) in [6, 6.07) is -1.04. The highest BCUT2D eigenvalue weighted by Crippen LogP contribution is 2.22. The predicted molar refractivity (Wildman–Crippen MR) is 69.2 cm³/mol. The van der Waals surface area contributed by atoms with E-state index >= 15 is 0 Å². The normalized spacial score (nSPS) is 23.6. The van der Waals surface area contributed by atoms with Crippen LogP contribution in [-0.2, 0) is 9.63 Å². The van der Waals surface area contributed by atoms with Crippen molar-refractivity contribution in [2.24, 2.45) is 0 Å². The average molecular weight is 291 g/mol. The molecule has 0 aromatic carbocycles. The third kappa shape index (κ3) is 4.93. The van der Waals surface area contributed by atoms with E-state index in [2.05, 4.69) is 15.5 Å². The maximum atomic E-state index is 12.0. The highest BCUT2D eigenvalue weighted by Gasteiger charge is 2.35. The van der Waals surface area contributed by atoms with Crippen LogP contribution >= 0.6 is 11.8 Å². The lowest BCUT2D eigenvalue weighted by Gasteiger charge is -2.20. The van der Waals surface area contributed by atoms with Crippen LogP contribution in [-0.4, -0.2) is 40.2 Å². The Hall–Kier alpha value is -1.51. The molecule has 19 heavy (non-hydrogen) atoms. The third-order valence-corrected chi connectivity index (χ3v) is 3.66. The molecular formula is C10H17N3O5S. The molecule has 0 radical (unpaired) electrons. The molecule has 8 nitrogen and oxygen atoms in total. The number of carbonyl (C=O) groups excluding carboxylic acids is 2. The standard InChI is InChI=1S/C10H17N3O5S/c1-3-4-7(5-18-13(16)17)11-9(14)8-6(2)19-10(15)12-8/h6-8H,3-5H2,1-2H3,(H,11,14)(H,12,15)/t6?,7-,8-/m0/s1. The van der Waals surface area contributed by atoms with Gasteiger partial charge in [-0.1, -0.05) is 32.0 Å². The minimum Gasteiger partial charge on any atom is -0.350 e. The number of thioether (sulfide) groups is 1. The van der Waals surface area contributed by atoms with Crippen molar-refractivity contribution in [1.29, 1.82) is 0 Å². The molecule has 1 unspecified atom stereocenters. The molecule has 3 atom stereocenters. The highest BCUT2D eigenvalue weighted by molar-refractivity contribution is 8.14. The summed E-state index contributed by atoms with van der Waals surface area (Å²) in [6.45, 7) is 3.49. The summed E-state index contributed by atoms with van der Waals surface area (Å²) in [7, 11) is 0. The second kappa shape index (κ2) is 7.17. The molecule has 0 saturated carbocycles. The van der Waals surface area contributed by atoms with Crippen LogP contribution < -0.4 is 10.6 Å². The molecule has 2 N–H and O–H groups in total. The van der Waals surface area contributed by atoms with Crippen LogP contribution in [0.3, 0.4) is 0 Å². The van der Waals surface area contributed by atoms with Gasteiger partial charge in [0.1, 0.15) is 12.6 Å². The first-order chi connectivity index (χ1) is 8.93. The van der Waals surface area contributed by atoms with Crippen molar-refractivity contribution in [3.63, 3.8) is 0 Å². The summed E-state index contributed by atoms with van der Waals surface area (Å²) < 4.78 is 0. The van der Waals surface area contributed by atoms with Crippen LogP contribution in [0.5, 0.6) is 0 Å². The first-order valence-electron chi connectivity index (χ1n) is 5.98. The minimum atomic E-state index is -0.884. The smallest absolute Gasteiger partial charge is 0.294 e. The van der Waals surface area contributed by atoms with Gasteiger partial charge in [-0.2, -0.15) is 0 Å². The van der Waals surface area contributed by atoms with E-state index in [1.54, 1.807) is 6.92 Å². The van der Waals surface area contributed by atoms with Crippen molar-refractivity contribution < 1.29 is 19.5 Å². The van der Waals surface area contributed by atoms with Gasteiger partial charge in [-0.05, 0) is 6.42 Å². The van der Waals surface area contributed by atoms with Gasteiger partial charge in [-0.3, -0.25) is 9.59 Å². The van der Waals surface area contributed by atoms with Crippen molar-refractivity contribution in [2.45, 2.75) is 44.0 Å². The zero-order valence-corrected chi connectivity index (χ0v) is 11.6. The lowest BCUT2D eigenvalue weighted by Crippen LogP contribution is -2.50. The Bertz CT molecular complexity index is 365. The second-order valence-electron chi connectivity index (χ2n) is 4.25. The molecule has 1 aliphatic heterocycles. The van der Waals surface area contributed by atoms with Gasteiger partial charge in [0, 0.05) is 5.25 Å². The molecule has 1 rings (SSSR count). The van der Waals surface area contributed by atoms with Crippen molar-refractivity contribution in [3.05, 3.63) is 10.1 Å². The zero-order valence-electron chi connectivity index (χ0n) is 10.8. The summed E-state index contributed by atoms with van der Waals surface area (Å²) in [4.78, 5) is 37.6. The predicted octanol–water partition coefficient (Wildman–Crippen LogP) is 0.693. The van der Waals surface area contributed by atoms with E-state index in [4.69, 9.17) is 0 Å². The second-order valence-corrected chi connectivity index (χ2v) is 5.60. The summed E-state index contributed by atoms with van der Waals surface area (Å²) in [5.74, 6) is -0.337. The van der Waals surface area contributed by atoms with E-state index in [1.807, 2.05) is 6.92 Å². The molecule has 1 saturated heterocycles. The van der Waals surface area contributed by atoms with Gasteiger partial charge in [-0.15, -0.1) is 10.1 Å². The van der Waals surface area contributed by atoms with E-state index in [1.165, 1.54) is 0 Å². The van der Waals surface area contributed by atoms with Gasteiger partial charge in [0.25, 0.3) is 10.3 Å². The Kier molecular flexibility index (Phi) is 5.87. The fourth-order valence-electron chi connectivity index (χ4n) is 1.78. The minimum absolute atomic E-state index is 0.161. The summed E-state index contributed by atoms with van der Waals surface area (Å²) in [6.07, 6.45) is 1.33. The number of hydrogen-bond acceptors (Lipinski definition) is 6. The van der Waals surface area contributed by atoms with Gasteiger partial charge in [0.05, 0.1) is 6.04 Å². The average Bonchev–Trinajstić information content (AvgIpc) is 2.65. The van der Waals surface area contributed by atoms with Crippen molar-refractivity contribution in [3.8, 4) is 0 Å². The molecule has 0 aromatic rings. The van der Waals surface area contributed by atoms with Gasteiger partial charge in [0.15, 0.2) is 0 Å². The lowest BCUT2D eigenvalue weighted by molar-refractivity contribution is -0.758. The summed E-state index contributed by atoms with van der Waals surface area (Å²) in [5.41, 5.74) is 0. The topological polar surface area (TPSA) is 111 Å². The molecular weight excluding hydrogens is 274 g/mol. The molecule has 2 amide bonds. The van der Waals surface area contributed by atoms with E-state index in [-0.39, 0.29) is 23.0 Å². The maximum Gasteiger partial charge on any atom is 0.294 e. The number of hydrogen-bond donors (Lipinski definition) is 2. The third-order valence-electron chi connectivity index (χ3n) is 2.68. The number of rotatable bonds is 7. The molecule has 1 fully saturated rings. The van der Waals surface area contributed by atoms with Gasteiger partial charge in [0.2, 0.25) is 5.91 Å². The Morgan fingerprint density at radius 1 is 1.68 bits per heavy atom. The zero-order chi connectivity index (χ0) is 14.4. The monoisotopic (exact) mass is 291 g/mol. The summed E-state index contributed by atoms with van der Waals surface area (Å²) >= 11 is 1.07. The number of nitrogens with one attached hydrogen (secondary N) is 2. The summed E-state index contributed by atoms with van der Waals surface area (Å²) in [5, 5.41) is 14.1. The van der Waals surface area contributed by atoms with Crippen LogP contribution in [0.2, 0.25) is 0 Å². The molecule has 1 aliphatic rings. The largest absolute Gasteiger partial charge is 0.350 e. The van der Waals surface area contributed by atoms with E-state index < -0.39 is 17.2 Å². The Morgan fingerprint density at radius 2 is 2.37 bits per heavy atom. The maximum absolute atomic E-state index is 12.0. The molecule has 0 aromatic heterocycles. The van der Waals surface area contributed by atoms with E-state index in [0.29, 0.717) is 6.42 Å². The van der Waals surface area contributed by atoms with Crippen LogP contribution in [0, 0.1) is 10.1 Å². The van der Waals surface area contributed by atoms with Crippen LogP contribution in [0.4, 0.5) is 4.79 Å². The SMILES string of the molecule is CCC[C@@H](CO[N+](=O)[O-])NC(=O)[C@H]1NC(=O)SC1C. The van der Waals surface area contributed by atoms with E-state index in [9.17, 15) is 19.7 Å². The van der Waals surface area contributed by atoms with Crippen LogP contribution in [0.15, 0.2) is 0 Å². The van der Waals surface area contributed by atoms with E-state index in [0.717, 1.165) is 18.2 Å². The quantitative estimate of drug-likeness (QED) is 0.527. The fourth-order valence-corrected chi connectivity index (χ4v) is 2.64. The van der Waals surface area contributed by atoms with Gasteiger partial charge < -0.3 is 15.5 Å². The van der Waals surface area contributed by atoms with Crippen LogP contribution in [0.25, 0.3) is 0 Å². The number of amides is 2. The molecule has 0 spiro atoms. The number of nitrogens with zero attached hydrogens (tertiary/aromatic N) is 1. The Morgan fingerprint density at radius 3 is 2.84 bits per heavy atom. The van der Waals surface area contributed by atoms with Gasteiger partial charge >= 0.3 is 0 Å². The lowest BCUT2D eigenvalue weighted by atomic mass is 10.1. The van der Waals surface area contributed by atoms with Crippen molar-refractivity contribution >= 4 is 22.9 Å². The molecule has 0 aliphatic carbocycles. The van der Waals surface area contributed by atoms with Crippen molar-refractivity contribution in [1.82, 2.24) is 10.6 Å².